The Balaban J connectivity index is 1.17. The zero-order chi connectivity index (χ0) is 36.0. The minimum atomic E-state index is -2.22. The average Bonchev–Trinajstić information content (AvgIpc) is 3.59. The van der Waals surface area contributed by atoms with Crippen molar-refractivity contribution >= 4 is 65.3 Å². The van der Waals surface area contributed by atoms with Crippen molar-refractivity contribution in [1.29, 1.82) is 0 Å². The molecule has 51 heavy (non-hydrogen) atoms. The number of aromatic nitrogens is 4. The highest BCUT2D eigenvalue weighted by Crippen LogP contribution is 2.30. The molecule has 12 heteroatoms. The Bertz CT molecular complexity index is 2470. The molecule has 0 unspecified atom stereocenters. The molecule has 11 nitrogen and oxygen atoms in total. The zero-order valence-corrected chi connectivity index (χ0v) is 29.7. The molecular formula is C39H37N7O4Si. The summed E-state index contributed by atoms with van der Waals surface area (Å²) in [6.45, 7) is 9.34. The van der Waals surface area contributed by atoms with E-state index >= 15 is 0 Å². The Labute approximate surface area is 295 Å². The number of imidazole rings is 1. The summed E-state index contributed by atoms with van der Waals surface area (Å²) in [5, 5.41) is 17.6. The quantitative estimate of drug-likeness (QED) is 0.167. The first-order chi connectivity index (χ1) is 24.4. The average molecular weight is 696 g/mol. The van der Waals surface area contributed by atoms with Crippen molar-refractivity contribution in [3.8, 4) is 5.88 Å². The van der Waals surface area contributed by atoms with Crippen molar-refractivity contribution in [2.45, 2.75) is 26.2 Å². The summed E-state index contributed by atoms with van der Waals surface area (Å²) in [6.07, 6.45) is 1.50. The standard InChI is InChI=1S/C39H37N7O4Si/c1-22-6-13-28-31(16-22)51(4,5)32-18-26(46(2)3)12-15-29(32)33(28)30-17-25(11-14-27(30)38(48)49)36(47)41-19-23-7-9-24(10-8-23)20-50-37-34-35(43-21-42-34)44-39(40)45-37/h6-18,21H,1,19-20H2,2-5H3,(H,41,47)(H,48,49)(H3,40,42,43,44,45). The molecule has 0 fully saturated rings. The van der Waals surface area contributed by atoms with E-state index in [1.54, 1.807) is 12.1 Å². The molecule has 1 aliphatic rings. The molecule has 1 aliphatic heterocycles. The van der Waals surface area contributed by atoms with Crippen LogP contribution in [-0.4, -0.2) is 59.1 Å². The molecule has 0 spiro atoms. The number of anilines is 2. The fourth-order valence-corrected chi connectivity index (χ4v) is 9.76. The summed E-state index contributed by atoms with van der Waals surface area (Å²) < 4.78 is 5.88. The predicted octanol–water partition coefficient (Wildman–Crippen LogP) is 3.00. The van der Waals surface area contributed by atoms with Gasteiger partial charge in [-0.2, -0.15) is 9.97 Å². The number of hydrogen-bond acceptors (Lipinski definition) is 8. The van der Waals surface area contributed by atoms with Crippen molar-refractivity contribution in [2.24, 2.45) is 0 Å². The van der Waals surface area contributed by atoms with Crippen LogP contribution in [-0.2, 0) is 13.2 Å². The third-order valence-electron chi connectivity index (χ3n) is 9.39. The monoisotopic (exact) mass is 695 g/mol. The largest absolute Gasteiger partial charge is 0.478 e. The van der Waals surface area contributed by atoms with E-state index in [0.29, 0.717) is 22.3 Å². The van der Waals surface area contributed by atoms with Gasteiger partial charge < -0.3 is 30.8 Å². The Morgan fingerprint density at radius 1 is 0.941 bits per heavy atom. The lowest BCUT2D eigenvalue weighted by atomic mass is 9.89. The van der Waals surface area contributed by atoms with Gasteiger partial charge in [-0.15, -0.1) is 0 Å². The second-order valence-corrected chi connectivity index (χ2v) is 17.7. The first kappa shape index (κ1) is 33.2. The highest BCUT2D eigenvalue weighted by Gasteiger charge is 2.36. The molecule has 5 N–H and O–H groups in total. The summed E-state index contributed by atoms with van der Waals surface area (Å²) in [5.41, 5.74) is 12.4. The Hall–Kier alpha value is -6.27. The molecule has 0 saturated heterocycles. The molecule has 0 saturated carbocycles. The molecule has 6 aromatic rings. The van der Waals surface area contributed by atoms with E-state index < -0.39 is 14.0 Å². The van der Waals surface area contributed by atoms with Gasteiger partial charge in [-0.3, -0.25) is 4.79 Å². The van der Waals surface area contributed by atoms with Gasteiger partial charge in [0.25, 0.3) is 5.91 Å². The number of carbonyl (C=O) groups excluding carboxylic acids is 1. The molecule has 0 aliphatic carbocycles. The van der Waals surface area contributed by atoms with Crippen LogP contribution < -0.4 is 41.5 Å². The van der Waals surface area contributed by atoms with Gasteiger partial charge in [-0.05, 0) is 79.0 Å². The Kier molecular flexibility index (Phi) is 8.39. The number of carboxylic acid groups (broad SMARTS) is 1. The minimum absolute atomic E-state index is 0.0846. The predicted molar refractivity (Wildman–Crippen MR) is 202 cm³/mol. The van der Waals surface area contributed by atoms with Crippen molar-refractivity contribution in [2.75, 3.05) is 24.7 Å². The van der Waals surface area contributed by atoms with E-state index in [1.807, 2.05) is 50.5 Å². The number of nitrogen functional groups attached to an aromatic ring is 1. The fourth-order valence-electron chi connectivity index (χ4n) is 6.65. The number of carboxylic acids is 1. The van der Waals surface area contributed by atoms with E-state index in [4.69, 9.17) is 10.5 Å². The normalized spacial score (nSPS) is 13.0. The van der Waals surface area contributed by atoms with Crippen molar-refractivity contribution in [3.05, 3.63) is 129 Å². The van der Waals surface area contributed by atoms with Gasteiger partial charge in [0.1, 0.15) is 14.7 Å². The molecule has 0 radical (unpaired) electrons. The van der Waals surface area contributed by atoms with Gasteiger partial charge in [0.15, 0.2) is 11.2 Å². The highest BCUT2D eigenvalue weighted by atomic mass is 28.3. The summed E-state index contributed by atoms with van der Waals surface area (Å²) in [5.74, 6) is -0.999. The molecule has 4 aromatic carbocycles. The first-order valence-corrected chi connectivity index (χ1v) is 19.4. The first-order valence-electron chi connectivity index (χ1n) is 16.4. The van der Waals surface area contributed by atoms with Crippen LogP contribution in [0.3, 0.4) is 0 Å². The Morgan fingerprint density at radius 2 is 1.71 bits per heavy atom. The van der Waals surface area contributed by atoms with E-state index in [0.717, 1.165) is 38.4 Å². The van der Waals surface area contributed by atoms with E-state index in [-0.39, 0.29) is 36.5 Å². The van der Waals surface area contributed by atoms with Crippen molar-refractivity contribution in [3.63, 3.8) is 0 Å². The molecular weight excluding hydrogens is 659 g/mol. The molecule has 3 heterocycles. The summed E-state index contributed by atoms with van der Waals surface area (Å²) in [6, 6.07) is 24.9. The smallest absolute Gasteiger partial charge is 0.336 e. The number of fused-ring (bicyclic) bond motifs is 3. The fraction of sp³-hybridized carbons (Fsp3) is 0.154. The number of amides is 1. The van der Waals surface area contributed by atoms with Crippen LogP contribution in [0.2, 0.25) is 13.1 Å². The third-order valence-corrected chi connectivity index (χ3v) is 12.9. The molecule has 1 amide bonds. The summed E-state index contributed by atoms with van der Waals surface area (Å²) >= 11 is 0. The maximum absolute atomic E-state index is 13.6. The number of carbonyl (C=O) groups is 2. The molecule has 7 rings (SSSR count). The molecule has 0 bridgehead atoms. The number of H-pyrrole nitrogens is 1. The van der Waals surface area contributed by atoms with Crippen LogP contribution in [0, 0.1) is 0 Å². The minimum Gasteiger partial charge on any atom is -0.478 e. The summed E-state index contributed by atoms with van der Waals surface area (Å²) in [4.78, 5) is 43.7. The van der Waals surface area contributed by atoms with Gasteiger partial charge in [0, 0.05) is 31.9 Å². The third kappa shape index (κ3) is 6.21. The maximum Gasteiger partial charge on any atom is 0.336 e. The van der Waals surface area contributed by atoms with Crippen LogP contribution >= 0.6 is 0 Å². The van der Waals surface area contributed by atoms with Crippen LogP contribution in [0.15, 0.2) is 85.2 Å². The number of hydrogen-bond donors (Lipinski definition) is 4. The maximum atomic E-state index is 13.6. The molecule has 256 valence electrons. The van der Waals surface area contributed by atoms with Crippen LogP contribution in [0.25, 0.3) is 23.3 Å². The van der Waals surface area contributed by atoms with Gasteiger partial charge in [0.2, 0.25) is 11.8 Å². The number of aromatic amines is 1. The lowest BCUT2D eigenvalue weighted by Crippen LogP contribution is -2.63. The molecule has 0 atom stereocenters. The SMILES string of the molecule is C=c1ccc2c(c1)[Si](C)(C)c1cc(N(C)C)ccc1C=2c1cc(C(=O)NCc2ccc(COc3nc(N)nc4[nH]cnc34)cc2)ccc1C(=O)O. The number of rotatable bonds is 9. The molecule has 2 aromatic heterocycles. The van der Waals surface area contributed by atoms with Gasteiger partial charge >= 0.3 is 5.97 Å². The number of nitrogens with one attached hydrogen (secondary N) is 2. The van der Waals surface area contributed by atoms with Gasteiger partial charge in [0.05, 0.1) is 11.9 Å². The van der Waals surface area contributed by atoms with E-state index in [2.05, 4.69) is 74.1 Å². The van der Waals surface area contributed by atoms with Crippen molar-refractivity contribution in [1.82, 2.24) is 25.3 Å². The van der Waals surface area contributed by atoms with Gasteiger partial charge in [-0.1, -0.05) is 68.2 Å². The van der Waals surface area contributed by atoms with Crippen LogP contribution in [0.1, 0.15) is 43.0 Å². The second kappa shape index (κ2) is 12.9. The number of benzene rings is 4. The topological polar surface area (TPSA) is 159 Å². The van der Waals surface area contributed by atoms with E-state index in [1.165, 1.54) is 22.8 Å². The lowest BCUT2D eigenvalue weighted by Gasteiger charge is -2.34. The number of nitrogens with two attached hydrogens (primary N) is 1. The number of nitrogens with zero attached hydrogens (tertiary/aromatic N) is 4. The summed E-state index contributed by atoms with van der Waals surface area (Å²) in [7, 11) is 1.80. The second-order valence-electron chi connectivity index (χ2n) is 13.3. The van der Waals surface area contributed by atoms with E-state index in [9.17, 15) is 14.7 Å². The zero-order valence-electron chi connectivity index (χ0n) is 28.7. The highest BCUT2D eigenvalue weighted by molar-refractivity contribution is 7.01. The number of aromatic carboxylic acids is 1. The lowest BCUT2D eigenvalue weighted by molar-refractivity contribution is 0.0696. The van der Waals surface area contributed by atoms with Crippen molar-refractivity contribution < 1.29 is 19.4 Å². The Morgan fingerprint density at radius 3 is 2.45 bits per heavy atom. The van der Waals surface area contributed by atoms with Gasteiger partial charge in [-0.25, -0.2) is 9.78 Å². The van der Waals surface area contributed by atoms with Crippen LogP contribution in [0.5, 0.6) is 5.88 Å². The van der Waals surface area contributed by atoms with Crippen LogP contribution in [0.4, 0.5) is 11.6 Å². The number of ether oxygens (including phenoxy) is 1.